The third-order valence-electron chi connectivity index (χ3n) is 6.24. The maximum atomic E-state index is 6.39. The summed E-state index contributed by atoms with van der Waals surface area (Å²) in [7, 11) is 0. The molecule has 1 aliphatic heterocycles. The van der Waals surface area contributed by atoms with Crippen molar-refractivity contribution in [3.63, 3.8) is 0 Å². The molecule has 2 aliphatic rings. The number of fused-ring (bicyclic) bond motifs is 1. The first kappa shape index (κ1) is 15.2. The minimum absolute atomic E-state index is 0.0488. The van der Waals surface area contributed by atoms with Gasteiger partial charge in [-0.3, -0.25) is 0 Å². The van der Waals surface area contributed by atoms with Crippen LogP contribution in [0, 0.1) is 5.41 Å². The van der Waals surface area contributed by atoms with Gasteiger partial charge >= 0.3 is 6.92 Å². The van der Waals surface area contributed by atoms with Crippen molar-refractivity contribution in [3.8, 4) is 0 Å². The third-order valence-corrected chi connectivity index (χ3v) is 6.24. The monoisotopic (exact) mass is 284 g/mol. The molecule has 1 aromatic carbocycles. The molecule has 1 fully saturated rings. The van der Waals surface area contributed by atoms with Gasteiger partial charge in [0.25, 0.3) is 0 Å². The Morgan fingerprint density at radius 2 is 1.76 bits per heavy atom. The largest absolute Gasteiger partial charge is 0.426 e. The van der Waals surface area contributed by atoms with Crippen molar-refractivity contribution < 1.29 is 4.65 Å². The molecule has 0 radical (unpaired) electrons. The molecule has 1 heterocycles. The van der Waals surface area contributed by atoms with E-state index in [4.69, 9.17) is 4.65 Å². The number of aryl methyl sites for hydroxylation is 1. The molecule has 0 spiro atoms. The molecular formula is C19H29BO. The number of hydrogen-bond acceptors (Lipinski definition) is 1. The Balaban J connectivity index is 1.93. The summed E-state index contributed by atoms with van der Waals surface area (Å²) in [6.07, 6.45) is 4.96. The Bertz CT molecular complexity index is 541. The van der Waals surface area contributed by atoms with Crippen LogP contribution in [0.3, 0.4) is 0 Å². The topological polar surface area (TPSA) is 9.23 Å². The molecule has 0 N–H and O–H groups in total. The standard InChI is InChI=1S/C19H29BO/c1-17(2)11-7-8-14-12-15(9-10-16(14)17)20-13-18(3,4)19(5,6)21-20/h9-10,12H,7-8,11,13H2,1-6H3. The van der Waals surface area contributed by atoms with Crippen LogP contribution >= 0.6 is 0 Å². The Morgan fingerprint density at radius 1 is 1.05 bits per heavy atom. The van der Waals surface area contributed by atoms with Crippen LogP contribution < -0.4 is 5.46 Å². The normalized spacial score (nSPS) is 25.7. The van der Waals surface area contributed by atoms with Crippen molar-refractivity contribution in [2.24, 2.45) is 5.41 Å². The van der Waals surface area contributed by atoms with E-state index in [1.165, 1.54) is 24.7 Å². The van der Waals surface area contributed by atoms with Crippen molar-refractivity contribution in [1.82, 2.24) is 0 Å². The molecule has 1 aliphatic carbocycles. The number of benzene rings is 1. The van der Waals surface area contributed by atoms with Gasteiger partial charge in [-0.25, -0.2) is 0 Å². The van der Waals surface area contributed by atoms with Gasteiger partial charge in [-0.05, 0) is 66.8 Å². The molecule has 3 rings (SSSR count). The third kappa shape index (κ3) is 2.46. The molecule has 114 valence electrons. The smallest absolute Gasteiger partial charge is 0.327 e. The zero-order chi connectivity index (χ0) is 15.5. The first-order valence-corrected chi connectivity index (χ1v) is 8.44. The number of hydrogen-bond donors (Lipinski definition) is 0. The quantitative estimate of drug-likeness (QED) is 0.697. The Kier molecular flexibility index (Phi) is 3.33. The molecular weight excluding hydrogens is 255 g/mol. The van der Waals surface area contributed by atoms with Gasteiger partial charge in [0, 0.05) is 0 Å². The average molecular weight is 284 g/mol. The summed E-state index contributed by atoms with van der Waals surface area (Å²) >= 11 is 0. The highest BCUT2D eigenvalue weighted by Gasteiger charge is 2.49. The Labute approximate surface area is 130 Å². The lowest BCUT2D eigenvalue weighted by Crippen LogP contribution is -2.36. The fourth-order valence-electron chi connectivity index (χ4n) is 3.99. The van der Waals surface area contributed by atoms with Crippen molar-refractivity contribution in [2.45, 2.75) is 78.1 Å². The predicted octanol–water partition coefficient (Wildman–Crippen LogP) is 4.33. The molecule has 0 saturated carbocycles. The lowest BCUT2D eigenvalue weighted by atomic mass is 9.53. The summed E-state index contributed by atoms with van der Waals surface area (Å²) in [5, 5.41) is 0. The Hall–Kier alpha value is -0.755. The number of rotatable bonds is 1. The summed E-state index contributed by atoms with van der Waals surface area (Å²) in [5.74, 6) is 0. The van der Waals surface area contributed by atoms with Gasteiger partial charge < -0.3 is 4.65 Å². The van der Waals surface area contributed by atoms with Crippen LogP contribution in [-0.2, 0) is 16.5 Å². The van der Waals surface area contributed by atoms with Gasteiger partial charge in [-0.1, -0.05) is 45.9 Å². The van der Waals surface area contributed by atoms with E-state index in [0.29, 0.717) is 5.41 Å². The van der Waals surface area contributed by atoms with Crippen LogP contribution in [-0.4, -0.2) is 12.5 Å². The second-order valence-corrected chi connectivity index (χ2v) is 8.86. The maximum Gasteiger partial charge on any atom is 0.327 e. The summed E-state index contributed by atoms with van der Waals surface area (Å²) in [4.78, 5) is 0. The lowest BCUT2D eigenvalue weighted by Gasteiger charge is -2.34. The molecule has 0 unspecified atom stereocenters. The van der Waals surface area contributed by atoms with Crippen molar-refractivity contribution in [3.05, 3.63) is 29.3 Å². The highest BCUT2D eigenvalue weighted by atomic mass is 16.5. The molecule has 0 amide bonds. The van der Waals surface area contributed by atoms with E-state index < -0.39 is 0 Å². The van der Waals surface area contributed by atoms with Crippen LogP contribution in [0.5, 0.6) is 0 Å². The van der Waals surface area contributed by atoms with E-state index in [2.05, 4.69) is 59.7 Å². The van der Waals surface area contributed by atoms with Gasteiger partial charge in [0.05, 0.1) is 5.60 Å². The highest BCUT2D eigenvalue weighted by molar-refractivity contribution is 6.68. The van der Waals surface area contributed by atoms with Gasteiger partial charge in [0.1, 0.15) is 0 Å². The fourth-order valence-corrected chi connectivity index (χ4v) is 3.99. The van der Waals surface area contributed by atoms with Gasteiger partial charge in [0.15, 0.2) is 0 Å². The first-order chi connectivity index (χ1) is 9.62. The molecule has 1 saturated heterocycles. The van der Waals surface area contributed by atoms with E-state index in [0.717, 1.165) is 6.32 Å². The van der Waals surface area contributed by atoms with E-state index in [1.807, 2.05) is 0 Å². The fraction of sp³-hybridized carbons (Fsp3) is 0.684. The molecule has 21 heavy (non-hydrogen) atoms. The molecule has 0 atom stereocenters. The zero-order valence-electron chi connectivity index (χ0n) is 14.5. The van der Waals surface area contributed by atoms with Crippen LogP contribution in [0.1, 0.15) is 65.5 Å². The molecule has 0 aromatic heterocycles. The van der Waals surface area contributed by atoms with E-state index >= 15 is 0 Å². The van der Waals surface area contributed by atoms with Crippen molar-refractivity contribution in [2.75, 3.05) is 0 Å². The summed E-state index contributed by atoms with van der Waals surface area (Å²) < 4.78 is 6.39. The van der Waals surface area contributed by atoms with E-state index in [9.17, 15) is 0 Å². The minimum atomic E-state index is -0.0488. The minimum Gasteiger partial charge on any atom is -0.426 e. The van der Waals surface area contributed by atoms with E-state index in [-0.39, 0.29) is 17.9 Å². The molecule has 1 nitrogen and oxygen atoms in total. The average Bonchev–Trinajstić information content (AvgIpc) is 2.57. The summed E-state index contributed by atoms with van der Waals surface area (Å²) in [6, 6.07) is 7.11. The van der Waals surface area contributed by atoms with Crippen LogP contribution in [0.15, 0.2) is 18.2 Å². The summed E-state index contributed by atoms with van der Waals surface area (Å²) in [5.41, 5.74) is 5.00. The second kappa shape index (κ2) is 4.62. The van der Waals surface area contributed by atoms with Crippen LogP contribution in [0.2, 0.25) is 6.32 Å². The Morgan fingerprint density at radius 3 is 2.38 bits per heavy atom. The lowest BCUT2D eigenvalue weighted by molar-refractivity contribution is 0.0375. The summed E-state index contributed by atoms with van der Waals surface area (Å²) in [6.45, 7) is 14.1. The van der Waals surface area contributed by atoms with Crippen LogP contribution in [0.4, 0.5) is 0 Å². The highest BCUT2D eigenvalue weighted by Crippen LogP contribution is 2.45. The first-order valence-electron chi connectivity index (χ1n) is 8.44. The van der Waals surface area contributed by atoms with Crippen LogP contribution in [0.25, 0.3) is 0 Å². The second-order valence-electron chi connectivity index (χ2n) is 8.86. The molecule has 0 bridgehead atoms. The van der Waals surface area contributed by atoms with Gasteiger partial charge in [0.2, 0.25) is 0 Å². The molecule has 1 aromatic rings. The predicted molar refractivity (Wildman–Crippen MR) is 91.5 cm³/mol. The van der Waals surface area contributed by atoms with Gasteiger partial charge in [-0.2, -0.15) is 0 Å². The van der Waals surface area contributed by atoms with Crippen molar-refractivity contribution in [1.29, 1.82) is 0 Å². The van der Waals surface area contributed by atoms with Gasteiger partial charge in [-0.15, -0.1) is 0 Å². The molecule has 2 heteroatoms. The maximum absolute atomic E-state index is 6.39. The van der Waals surface area contributed by atoms with E-state index in [1.54, 1.807) is 11.1 Å². The van der Waals surface area contributed by atoms with Crippen molar-refractivity contribution >= 4 is 12.4 Å². The zero-order valence-corrected chi connectivity index (χ0v) is 14.5. The SMILES string of the molecule is CC1(C)CCCc2cc(B3CC(C)(C)C(C)(C)O3)ccc21.